The fraction of sp³-hybridized carbons (Fsp3) is 0.385. The van der Waals surface area contributed by atoms with Gasteiger partial charge in [0.2, 0.25) is 5.60 Å². The van der Waals surface area contributed by atoms with E-state index in [1.54, 1.807) is 30.3 Å². The Morgan fingerprint density at radius 2 is 1.89 bits per heavy atom. The average Bonchev–Trinajstić information content (AvgIpc) is 2.39. The van der Waals surface area contributed by atoms with Crippen molar-refractivity contribution >= 4 is 11.9 Å². The summed E-state index contributed by atoms with van der Waals surface area (Å²) in [5.41, 5.74) is -1.39. The van der Waals surface area contributed by atoms with Gasteiger partial charge < -0.3 is 14.9 Å². The maximum Gasteiger partial charge on any atom is 0.341 e. The number of carbonyl (C=O) groups is 2. The molecule has 1 fully saturated rings. The molecule has 0 aliphatic carbocycles. The number of hydrogen-bond acceptors (Lipinski definition) is 3. The van der Waals surface area contributed by atoms with Crippen molar-refractivity contribution in [1.82, 2.24) is 0 Å². The minimum atomic E-state index is -1.77. The lowest BCUT2D eigenvalue weighted by Gasteiger charge is -2.38. The van der Waals surface area contributed by atoms with Gasteiger partial charge in [-0.05, 0) is 18.4 Å². The molecule has 1 aromatic carbocycles. The number of carboxylic acids is 2. The molecule has 2 rings (SSSR count). The zero-order chi connectivity index (χ0) is 13.2. The lowest BCUT2D eigenvalue weighted by Crippen LogP contribution is -2.51. The first kappa shape index (κ1) is 12.6. The highest BCUT2D eigenvalue weighted by atomic mass is 16.5. The summed E-state index contributed by atoms with van der Waals surface area (Å²) in [5.74, 6) is -3.45. The van der Waals surface area contributed by atoms with E-state index >= 15 is 0 Å². The molecule has 0 aromatic heterocycles. The highest BCUT2D eigenvalue weighted by Gasteiger charge is 2.53. The molecule has 1 heterocycles. The Balaban J connectivity index is 2.54. The van der Waals surface area contributed by atoms with Crippen LogP contribution in [0.2, 0.25) is 0 Å². The Labute approximate surface area is 104 Å². The second-order valence-electron chi connectivity index (χ2n) is 4.29. The Morgan fingerprint density at radius 1 is 1.22 bits per heavy atom. The van der Waals surface area contributed by atoms with Gasteiger partial charge in [0.05, 0.1) is 0 Å². The molecule has 0 spiro atoms. The van der Waals surface area contributed by atoms with E-state index in [0.717, 1.165) is 0 Å². The van der Waals surface area contributed by atoms with Crippen molar-refractivity contribution < 1.29 is 24.5 Å². The number of rotatable bonds is 3. The molecule has 0 saturated carbocycles. The van der Waals surface area contributed by atoms with E-state index in [9.17, 15) is 19.8 Å². The van der Waals surface area contributed by atoms with Crippen molar-refractivity contribution in [2.45, 2.75) is 18.4 Å². The van der Waals surface area contributed by atoms with Crippen molar-refractivity contribution in [3.8, 4) is 0 Å². The quantitative estimate of drug-likeness (QED) is 0.848. The maximum atomic E-state index is 11.6. The summed E-state index contributed by atoms with van der Waals surface area (Å²) >= 11 is 0. The van der Waals surface area contributed by atoms with Gasteiger partial charge in [-0.25, -0.2) is 4.79 Å². The lowest BCUT2D eigenvalue weighted by atomic mass is 9.77. The topological polar surface area (TPSA) is 83.8 Å². The fourth-order valence-electron chi connectivity index (χ4n) is 2.43. The van der Waals surface area contributed by atoms with Crippen LogP contribution in [0.4, 0.5) is 0 Å². The van der Waals surface area contributed by atoms with E-state index < -0.39 is 23.5 Å². The number of hydrogen-bond donors (Lipinski definition) is 2. The molecule has 18 heavy (non-hydrogen) atoms. The SMILES string of the molecule is O=C(O)C1CCCOC1(C(=O)O)c1ccccc1. The van der Waals surface area contributed by atoms with Gasteiger partial charge in [0.15, 0.2) is 0 Å². The molecule has 0 bridgehead atoms. The molecule has 1 aliphatic heterocycles. The van der Waals surface area contributed by atoms with Crippen LogP contribution in [-0.2, 0) is 19.9 Å². The van der Waals surface area contributed by atoms with Crippen LogP contribution in [0.5, 0.6) is 0 Å². The molecular weight excluding hydrogens is 236 g/mol. The first-order valence-electron chi connectivity index (χ1n) is 5.74. The van der Waals surface area contributed by atoms with Crippen LogP contribution in [0.15, 0.2) is 30.3 Å². The third-order valence-electron chi connectivity index (χ3n) is 3.28. The minimum Gasteiger partial charge on any atom is -0.481 e. The summed E-state index contributed by atoms with van der Waals surface area (Å²) < 4.78 is 5.41. The normalized spacial score (nSPS) is 27.7. The fourth-order valence-corrected chi connectivity index (χ4v) is 2.43. The summed E-state index contributed by atoms with van der Waals surface area (Å²) in [6.07, 6.45) is 0.857. The second kappa shape index (κ2) is 4.78. The summed E-state index contributed by atoms with van der Waals surface area (Å²) in [4.78, 5) is 22.9. The predicted octanol–water partition coefficient (Wildman–Crippen LogP) is 1.48. The molecule has 0 radical (unpaired) electrons. The Kier molecular flexibility index (Phi) is 3.34. The monoisotopic (exact) mass is 250 g/mol. The van der Waals surface area contributed by atoms with Crippen molar-refractivity contribution in [1.29, 1.82) is 0 Å². The Bertz CT molecular complexity index is 456. The van der Waals surface area contributed by atoms with Gasteiger partial charge in [0.25, 0.3) is 0 Å². The summed E-state index contributed by atoms with van der Waals surface area (Å²) in [5, 5.41) is 18.7. The van der Waals surface area contributed by atoms with Crippen molar-refractivity contribution in [2.24, 2.45) is 5.92 Å². The zero-order valence-electron chi connectivity index (χ0n) is 9.70. The van der Waals surface area contributed by atoms with E-state index in [1.165, 1.54) is 0 Å². The van der Waals surface area contributed by atoms with E-state index in [0.29, 0.717) is 18.4 Å². The third kappa shape index (κ3) is 1.86. The Hall–Kier alpha value is -1.88. The molecule has 2 unspecified atom stereocenters. The van der Waals surface area contributed by atoms with Gasteiger partial charge in [-0.1, -0.05) is 30.3 Å². The highest BCUT2D eigenvalue weighted by Crippen LogP contribution is 2.40. The largest absolute Gasteiger partial charge is 0.481 e. The molecule has 96 valence electrons. The van der Waals surface area contributed by atoms with E-state index in [4.69, 9.17) is 4.74 Å². The van der Waals surface area contributed by atoms with Crippen LogP contribution < -0.4 is 0 Å². The van der Waals surface area contributed by atoms with Crippen molar-refractivity contribution in [2.75, 3.05) is 6.61 Å². The van der Waals surface area contributed by atoms with Crippen LogP contribution in [0.25, 0.3) is 0 Å². The molecule has 1 aliphatic rings. The van der Waals surface area contributed by atoms with Crippen LogP contribution in [0.1, 0.15) is 18.4 Å². The van der Waals surface area contributed by atoms with Crippen LogP contribution in [-0.4, -0.2) is 28.8 Å². The summed E-state index contributed by atoms with van der Waals surface area (Å²) in [7, 11) is 0. The number of ether oxygens (including phenoxy) is 1. The second-order valence-corrected chi connectivity index (χ2v) is 4.29. The predicted molar refractivity (Wildman–Crippen MR) is 62.1 cm³/mol. The zero-order valence-corrected chi connectivity index (χ0v) is 9.70. The minimum absolute atomic E-state index is 0.255. The summed E-state index contributed by atoms with van der Waals surface area (Å²) in [6.45, 7) is 0.255. The molecule has 5 nitrogen and oxygen atoms in total. The molecular formula is C13H14O5. The lowest BCUT2D eigenvalue weighted by molar-refractivity contribution is -0.194. The summed E-state index contributed by atoms with van der Waals surface area (Å²) in [6, 6.07) is 8.29. The van der Waals surface area contributed by atoms with E-state index in [1.807, 2.05) is 0 Å². The van der Waals surface area contributed by atoms with Crippen LogP contribution in [0, 0.1) is 5.92 Å². The molecule has 2 N–H and O–H groups in total. The number of carboxylic acid groups (broad SMARTS) is 2. The molecule has 0 amide bonds. The molecule has 5 heteroatoms. The average molecular weight is 250 g/mol. The van der Waals surface area contributed by atoms with Gasteiger partial charge in [0, 0.05) is 6.61 Å². The molecule has 2 atom stereocenters. The van der Waals surface area contributed by atoms with Crippen molar-refractivity contribution in [3.63, 3.8) is 0 Å². The molecule has 1 aromatic rings. The molecule has 1 saturated heterocycles. The van der Waals surface area contributed by atoms with Gasteiger partial charge in [-0.15, -0.1) is 0 Å². The van der Waals surface area contributed by atoms with E-state index in [-0.39, 0.29) is 6.61 Å². The van der Waals surface area contributed by atoms with Gasteiger partial charge >= 0.3 is 11.9 Å². The van der Waals surface area contributed by atoms with Crippen LogP contribution in [0.3, 0.4) is 0 Å². The van der Waals surface area contributed by atoms with Gasteiger partial charge in [0.1, 0.15) is 5.92 Å². The number of benzene rings is 1. The first-order chi connectivity index (χ1) is 8.59. The van der Waals surface area contributed by atoms with Crippen molar-refractivity contribution in [3.05, 3.63) is 35.9 Å². The maximum absolute atomic E-state index is 11.6. The third-order valence-corrected chi connectivity index (χ3v) is 3.28. The highest BCUT2D eigenvalue weighted by molar-refractivity contribution is 5.87. The van der Waals surface area contributed by atoms with Gasteiger partial charge in [-0.3, -0.25) is 4.79 Å². The van der Waals surface area contributed by atoms with Gasteiger partial charge in [-0.2, -0.15) is 0 Å². The Morgan fingerprint density at radius 3 is 2.44 bits per heavy atom. The standard InChI is InChI=1S/C13H14O5/c14-11(15)10-7-4-8-18-13(10,12(16)17)9-5-2-1-3-6-9/h1-3,5-6,10H,4,7-8H2,(H,14,15)(H,16,17). The van der Waals surface area contributed by atoms with E-state index in [2.05, 4.69) is 0 Å². The van der Waals surface area contributed by atoms with Crippen LogP contribution >= 0.6 is 0 Å². The smallest absolute Gasteiger partial charge is 0.341 e. The first-order valence-corrected chi connectivity index (χ1v) is 5.74. The number of aliphatic carboxylic acids is 2.